The number of sulfonamides is 1. The Morgan fingerprint density at radius 1 is 1.56 bits per heavy atom. The van der Waals surface area contributed by atoms with Crippen LogP contribution in [-0.2, 0) is 14.8 Å². The number of hydrogen-bond donors (Lipinski definition) is 2. The highest BCUT2D eigenvalue weighted by molar-refractivity contribution is 9.11. The van der Waals surface area contributed by atoms with Gasteiger partial charge in [-0.05, 0) is 28.1 Å². The molecule has 100 valence electrons. The van der Waals surface area contributed by atoms with Crippen molar-refractivity contribution in [2.75, 3.05) is 19.6 Å². The van der Waals surface area contributed by atoms with Gasteiger partial charge in [0.2, 0.25) is 0 Å². The number of carbonyl (C=O) groups is 1. The first-order valence-electron chi connectivity index (χ1n) is 5.13. The van der Waals surface area contributed by atoms with Crippen molar-refractivity contribution in [3.05, 3.63) is 15.9 Å². The standard InChI is InChI=1S/C9H11BrN2O4S2/c10-7-1-2-8(17-7)18(15,16)12-4-3-11-5-6(12)9(13)14/h1-2,6,11H,3-5H2,(H,13,14)/t6-/m0/s1. The lowest BCUT2D eigenvalue weighted by Crippen LogP contribution is -2.56. The third kappa shape index (κ3) is 2.59. The molecule has 2 heterocycles. The van der Waals surface area contributed by atoms with E-state index in [1.54, 1.807) is 6.07 Å². The zero-order chi connectivity index (χ0) is 13.3. The highest BCUT2D eigenvalue weighted by atomic mass is 79.9. The molecule has 2 N–H and O–H groups in total. The number of carboxylic acid groups (broad SMARTS) is 1. The van der Waals surface area contributed by atoms with Crippen LogP contribution in [0.1, 0.15) is 0 Å². The molecule has 1 atom stereocenters. The highest BCUT2D eigenvalue weighted by Gasteiger charge is 2.38. The lowest BCUT2D eigenvalue weighted by molar-refractivity contribution is -0.141. The van der Waals surface area contributed by atoms with Gasteiger partial charge in [0.1, 0.15) is 10.3 Å². The molecule has 18 heavy (non-hydrogen) atoms. The second-order valence-corrected chi connectivity index (χ2v) is 8.31. The summed E-state index contributed by atoms with van der Waals surface area (Å²) in [6.45, 7) is 0.742. The van der Waals surface area contributed by atoms with Gasteiger partial charge in [0.25, 0.3) is 10.0 Å². The fourth-order valence-corrected chi connectivity index (χ4v) is 5.46. The molecule has 0 aliphatic carbocycles. The van der Waals surface area contributed by atoms with E-state index < -0.39 is 22.0 Å². The van der Waals surface area contributed by atoms with Crippen LogP contribution in [0.25, 0.3) is 0 Å². The van der Waals surface area contributed by atoms with E-state index in [-0.39, 0.29) is 17.3 Å². The predicted molar refractivity (Wildman–Crippen MR) is 70.2 cm³/mol. The van der Waals surface area contributed by atoms with Crippen LogP contribution in [0, 0.1) is 0 Å². The molecule has 0 bridgehead atoms. The maximum atomic E-state index is 12.3. The summed E-state index contributed by atoms with van der Waals surface area (Å²) in [5.41, 5.74) is 0. The van der Waals surface area contributed by atoms with Crippen LogP contribution in [0.3, 0.4) is 0 Å². The van der Waals surface area contributed by atoms with Crippen molar-refractivity contribution in [3.8, 4) is 0 Å². The van der Waals surface area contributed by atoms with E-state index in [0.29, 0.717) is 10.3 Å². The summed E-state index contributed by atoms with van der Waals surface area (Å²) in [7, 11) is -3.73. The number of nitrogens with one attached hydrogen (secondary N) is 1. The molecule has 2 rings (SSSR count). The van der Waals surface area contributed by atoms with Gasteiger partial charge >= 0.3 is 5.97 Å². The van der Waals surface area contributed by atoms with Crippen LogP contribution in [0.5, 0.6) is 0 Å². The van der Waals surface area contributed by atoms with Crippen LogP contribution in [0.15, 0.2) is 20.1 Å². The Balaban J connectivity index is 2.36. The summed E-state index contributed by atoms with van der Waals surface area (Å²) in [5.74, 6) is -1.14. The van der Waals surface area contributed by atoms with Gasteiger partial charge in [-0.1, -0.05) is 0 Å². The fourth-order valence-electron chi connectivity index (χ4n) is 1.74. The van der Waals surface area contributed by atoms with Crippen molar-refractivity contribution in [3.63, 3.8) is 0 Å². The zero-order valence-electron chi connectivity index (χ0n) is 9.17. The van der Waals surface area contributed by atoms with E-state index in [0.717, 1.165) is 15.6 Å². The second kappa shape index (κ2) is 5.25. The molecular formula is C9H11BrN2O4S2. The Morgan fingerprint density at radius 3 is 2.83 bits per heavy atom. The van der Waals surface area contributed by atoms with E-state index in [1.807, 2.05) is 0 Å². The number of carboxylic acids is 1. The summed E-state index contributed by atoms with van der Waals surface area (Å²) in [6, 6.07) is 2.06. The lowest BCUT2D eigenvalue weighted by atomic mass is 10.2. The molecular weight excluding hydrogens is 344 g/mol. The Kier molecular flexibility index (Phi) is 4.07. The topological polar surface area (TPSA) is 86.7 Å². The molecule has 0 aromatic carbocycles. The molecule has 1 aromatic rings. The minimum absolute atomic E-state index is 0.126. The molecule has 9 heteroatoms. The lowest BCUT2D eigenvalue weighted by Gasteiger charge is -2.31. The van der Waals surface area contributed by atoms with Gasteiger partial charge in [0.15, 0.2) is 0 Å². The van der Waals surface area contributed by atoms with Gasteiger partial charge in [0.05, 0.1) is 3.79 Å². The van der Waals surface area contributed by atoms with Crippen molar-refractivity contribution in [2.24, 2.45) is 0 Å². The monoisotopic (exact) mass is 354 g/mol. The first-order chi connectivity index (χ1) is 8.43. The number of rotatable bonds is 3. The molecule has 0 radical (unpaired) electrons. The van der Waals surface area contributed by atoms with Crippen LogP contribution >= 0.6 is 27.3 Å². The first-order valence-corrected chi connectivity index (χ1v) is 8.18. The van der Waals surface area contributed by atoms with E-state index >= 15 is 0 Å². The van der Waals surface area contributed by atoms with Gasteiger partial charge in [-0.2, -0.15) is 4.31 Å². The number of halogens is 1. The van der Waals surface area contributed by atoms with Gasteiger partial charge in [0, 0.05) is 19.6 Å². The van der Waals surface area contributed by atoms with Crippen LogP contribution in [0.4, 0.5) is 0 Å². The summed E-state index contributed by atoms with van der Waals surface area (Å²) >= 11 is 4.28. The molecule has 6 nitrogen and oxygen atoms in total. The molecule has 1 aliphatic heterocycles. The maximum Gasteiger partial charge on any atom is 0.323 e. The van der Waals surface area contributed by atoms with Crippen molar-refractivity contribution in [2.45, 2.75) is 10.3 Å². The van der Waals surface area contributed by atoms with E-state index in [1.165, 1.54) is 6.07 Å². The Labute approximate surface area is 117 Å². The Hall–Kier alpha value is -0.480. The second-order valence-electron chi connectivity index (χ2n) is 3.73. The van der Waals surface area contributed by atoms with Crippen molar-refractivity contribution in [1.82, 2.24) is 9.62 Å². The van der Waals surface area contributed by atoms with Gasteiger partial charge in [-0.15, -0.1) is 11.3 Å². The van der Waals surface area contributed by atoms with Crippen LogP contribution in [0.2, 0.25) is 0 Å². The minimum atomic E-state index is -3.73. The predicted octanol–water partition coefficient (Wildman–Crippen LogP) is 0.558. The minimum Gasteiger partial charge on any atom is -0.480 e. The van der Waals surface area contributed by atoms with E-state index in [2.05, 4.69) is 21.2 Å². The number of hydrogen-bond acceptors (Lipinski definition) is 5. The number of piperazine rings is 1. The SMILES string of the molecule is O=C(O)[C@@H]1CNCCN1S(=O)(=O)c1ccc(Br)s1. The molecule has 0 amide bonds. The summed E-state index contributed by atoms with van der Waals surface area (Å²) < 4.78 is 26.6. The Bertz CT molecular complexity index is 557. The zero-order valence-corrected chi connectivity index (χ0v) is 12.4. The molecule has 0 spiro atoms. The van der Waals surface area contributed by atoms with Crippen molar-refractivity contribution < 1.29 is 18.3 Å². The van der Waals surface area contributed by atoms with E-state index in [4.69, 9.17) is 5.11 Å². The average molecular weight is 355 g/mol. The molecule has 0 unspecified atom stereocenters. The smallest absolute Gasteiger partial charge is 0.323 e. The van der Waals surface area contributed by atoms with Crippen LogP contribution in [-0.4, -0.2) is 49.5 Å². The van der Waals surface area contributed by atoms with Crippen LogP contribution < -0.4 is 5.32 Å². The molecule has 0 saturated carbocycles. The van der Waals surface area contributed by atoms with Crippen molar-refractivity contribution in [1.29, 1.82) is 0 Å². The maximum absolute atomic E-state index is 12.3. The summed E-state index contributed by atoms with van der Waals surface area (Å²) in [5, 5.41) is 12.0. The first kappa shape index (κ1) is 13.9. The fraction of sp³-hybridized carbons (Fsp3) is 0.444. The number of aliphatic carboxylic acids is 1. The third-order valence-corrected chi connectivity index (χ3v) is 6.59. The molecule has 1 aliphatic rings. The van der Waals surface area contributed by atoms with E-state index in [9.17, 15) is 13.2 Å². The van der Waals surface area contributed by atoms with Crippen molar-refractivity contribution >= 4 is 43.3 Å². The number of thiophene rings is 1. The quantitative estimate of drug-likeness (QED) is 0.827. The normalized spacial score (nSPS) is 21.9. The Morgan fingerprint density at radius 2 is 2.28 bits per heavy atom. The number of nitrogens with zero attached hydrogens (tertiary/aromatic N) is 1. The van der Waals surface area contributed by atoms with Gasteiger partial charge in [-0.25, -0.2) is 8.42 Å². The average Bonchev–Trinajstić information content (AvgIpc) is 2.76. The van der Waals surface area contributed by atoms with Gasteiger partial charge < -0.3 is 10.4 Å². The molecule has 1 fully saturated rings. The largest absolute Gasteiger partial charge is 0.480 e. The molecule has 1 aromatic heterocycles. The summed E-state index contributed by atoms with van der Waals surface area (Å²) in [6.07, 6.45) is 0. The van der Waals surface area contributed by atoms with Gasteiger partial charge in [-0.3, -0.25) is 4.79 Å². The summed E-state index contributed by atoms with van der Waals surface area (Å²) in [4.78, 5) is 11.1. The highest BCUT2D eigenvalue weighted by Crippen LogP contribution is 2.29. The third-order valence-electron chi connectivity index (χ3n) is 2.59. The molecule has 1 saturated heterocycles.